The molecule has 0 spiro atoms. The number of carbonyl (C=O) groups is 1. The number of hydrogen-bond acceptors (Lipinski definition) is 4. The second-order valence-electron chi connectivity index (χ2n) is 5.52. The lowest BCUT2D eigenvalue weighted by atomic mass is 10.2. The normalized spacial score (nSPS) is 11.5. The minimum atomic E-state index is -4.56. The molecular weight excluding hydrogens is 383 g/mol. The number of alkyl halides is 3. The summed E-state index contributed by atoms with van der Waals surface area (Å²) < 4.78 is 62.6. The number of nitriles is 1. The zero-order valence-electron chi connectivity index (χ0n) is 14.0. The van der Waals surface area contributed by atoms with Gasteiger partial charge in [-0.05, 0) is 36.4 Å². The molecule has 0 unspecified atom stereocenters. The standard InChI is InChI=1S/C17H14F3N3O3S/c1-27(25,26)23(14-8-6-13(7-9-14)17(18,19)20)11-16(24)22-15-5-3-2-4-12(15)10-21/h2-9H,11H2,1H3,(H,22,24). The Labute approximate surface area is 153 Å². The predicted molar refractivity (Wildman–Crippen MR) is 93.4 cm³/mol. The first kappa shape index (κ1) is 20.3. The Morgan fingerprint density at radius 2 is 1.74 bits per heavy atom. The first-order valence-electron chi connectivity index (χ1n) is 7.46. The predicted octanol–water partition coefficient (Wildman–Crippen LogP) is 2.98. The molecule has 10 heteroatoms. The molecular formula is C17H14F3N3O3S. The molecule has 2 aromatic rings. The zero-order valence-corrected chi connectivity index (χ0v) is 14.8. The Kier molecular flexibility index (Phi) is 5.75. The van der Waals surface area contributed by atoms with Gasteiger partial charge in [-0.1, -0.05) is 12.1 Å². The molecule has 0 fully saturated rings. The SMILES string of the molecule is CS(=O)(=O)N(CC(=O)Nc1ccccc1C#N)c1ccc(C(F)(F)F)cc1. The molecule has 0 aromatic heterocycles. The third-order valence-electron chi connectivity index (χ3n) is 3.49. The van der Waals surface area contributed by atoms with Gasteiger partial charge in [-0.25, -0.2) is 8.42 Å². The Morgan fingerprint density at radius 1 is 1.15 bits per heavy atom. The van der Waals surface area contributed by atoms with Crippen LogP contribution >= 0.6 is 0 Å². The maximum absolute atomic E-state index is 12.7. The van der Waals surface area contributed by atoms with Gasteiger partial charge in [0.15, 0.2) is 0 Å². The second kappa shape index (κ2) is 7.67. The molecule has 27 heavy (non-hydrogen) atoms. The van der Waals surface area contributed by atoms with Gasteiger partial charge in [0.2, 0.25) is 15.9 Å². The number of nitrogens with zero attached hydrogens (tertiary/aromatic N) is 2. The summed E-state index contributed by atoms with van der Waals surface area (Å²) in [6.07, 6.45) is -3.73. The Bertz CT molecular complexity index is 981. The van der Waals surface area contributed by atoms with E-state index >= 15 is 0 Å². The smallest absolute Gasteiger partial charge is 0.323 e. The van der Waals surface area contributed by atoms with Crippen LogP contribution in [0, 0.1) is 11.3 Å². The maximum Gasteiger partial charge on any atom is 0.416 e. The third-order valence-corrected chi connectivity index (χ3v) is 4.63. The van der Waals surface area contributed by atoms with Gasteiger partial charge in [0.25, 0.3) is 0 Å². The number of nitrogens with one attached hydrogen (secondary N) is 1. The van der Waals surface area contributed by atoms with Crippen molar-refractivity contribution < 1.29 is 26.4 Å². The molecule has 0 aliphatic rings. The highest BCUT2D eigenvalue weighted by atomic mass is 32.2. The number of sulfonamides is 1. The zero-order chi connectivity index (χ0) is 20.2. The van der Waals surface area contributed by atoms with Crippen molar-refractivity contribution in [2.24, 2.45) is 0 Å². The summed E-state index contributed by atoms with van der Waals surface area (Å²) >= 11 is 0. The van der Waals surface area contributed by atoms with Crippen LogP contribution in [0.2, 0.25) is 0 Å². The molecule has 0 atom stereocenters. The number of para-hydroxylation sites is 1. The second-order valence-corrected chi connectivity index (χ2v) is 7.43. The molecule has 0 aliphatic heterocycles. The molecule has 0 radical (unpaired) electrons. The minimum Gasteiger partial charge on any atom is -0.323 e. The highest BCUT2D eigenvalue weighted by Gasteiger charge is 2.31. The first-order chi connectivity index (χ1) is 12.5. The number of benzene rings is 2. The molecule has 0 saturated carbocycles. The van der Waals surface area contributed by atoms with Crippen molar-refractivity contribution in [3.05, 3.63) is 59.7 Å². The topological polar surface area (TPSA) is 90.3 Å². The molecule has 2 rings (SSSR count). The number of halogens is 3. The molecule has 1 amide bonds. The summed E-state index contributed by atoms with van der Waals surface area (Å²) in [6, 6.07) is 11.4. The van der Waals surface area contributed by atoms with Crippen molar-refractivity contribution in [3.63, 3.8) is 0 Å². The van der Waals surface area contributed by atoms with Gasteiger partial charge in [0, 0.05) is 0 Å². The minimum absolute atomic E-state index is 0.0887. The summed E-state index contributed by atoms with van der Waals surface area (Å²) in [4.78, 5) is 12.2. The van der Waals surface area contributed by atoms with Gasteiger partial charge in [-0.3, -0.25) is 9.10 Å². The van der Waals surface area contributed by atoms with E-state index in [2.05, 4.69) is 5.32 Å². The molecule has 142 valence electrons. The van der Waals surface area contributed by atoms with Crippen LogP contribution in [0.3, 0.4) is 0 Å². The van der Waals surface area contributed by atoms with Gasteiger partial charge in [-0.2, -0.15) is 18.4 Å². The van der Waals surface area contributed by atoms with E-state index in [0.717, 1.165) is 30.5 Å². The number of carbonyl (C=O) groups excluding carboxylic acids is 1. The van der Waals surface area contributed by atoms with Gasteiger partial charge in [0.05, 0.1) is 28.8 Å². The Balaban J connectivity index is 2.25. The fourth-order valence-electron chi connectivity index (χ4n) is 2.23. The molecule has 6 nitrogen and oxygen atoms in total. The van der Waals surface area contributed by atoms with Crippen molar-refractivity contribution in [3.8, 4) is 6.07 Å². The van der Waals surface area contributed by atoms with Crippen LogP contribution in [-0.4, -0.2) is 27.1 Å². The fraction of sp³-hybridized carbons (Fsp3) is 0.176. The average Bonchev–Trinajstić information content (AvgIpc) is 2.58. The highest BCUT2D eigenvalue weighted by molar-refractivity contribution is 7.92. The van der Waals surface area contributed by atoms with Crippen LogP contribution in [0.15, 0.2) is 48.5 Å². The summed E-state index contributed by atoms with van der Waals surface area (Å²) in [7, 11) is -3.94. The summed E-state index contributed by atoms with van der Waals surface area (Å²) in [5, 5.41) is 11.4. The van der Waals surface area contributed by atoms with Crippen LogP contribution in [0.25, 0.3) is 0 Å². The lowest BCUT2D eigenvalue weighted by Gasteiger charge is -2.22. The van der Waals surface area contributed by atoms with E-state index in [1.807, 2.05) is 6.07 Å². The van der Waals surface area contributed by atoms with Crippen LogP contribution < -0.4 is 9.62 Å². The van der Waals surface area contributed by atoms with Gasteiger partial charge in [0.1, 0.15) is 12.6 Å². The van der Waals surface area contributed by atoms with Crippen molar-refractivity contribution in [1.29, 1.82) is 5.26 Å². The number of amides is 1. The van der Waals surface area contributed by atoms with Crippen molar-refractivity contribution >= 4 is 27.3 Å². The van der Waals surface area contributed by atoms with Gasteiger partial charge < -0.3 is 5.32 Å². The fourth-order valence-corrected chi connectivity index (χ4v) is 3.08. The summed E-state index contributed by atoms with van der Waals surface area (Å²) in [6.45, 7) is -0.663. The summed E-state index contributed by atoms with van der Waals surface area (Å²) in [5.74, 6) is -0.747. The van der Waals surface area contributed by atoms with Gasteiger partial charge in [-0.15, -0.1) is 0 Å². The number of hydrogen-bond donors (Lipinski definition) is 1. The molecule has 0 saturated heterocycles. The first-order valence-corrected chi connectivity index (χ1v) is 9.31. The third kappa shape index (κ3) is 5.21. The molecule has 0 heterocycles. The average molecular weight is 397 g/mol. The monoisotopic (exact) mass is 397 g/mol. The van der Waals surface area contributed by atoms with Gasteiger partial charge >= 0.3 is 6.18 Å². The van der Waals surface area contributed by atoms with Crippen LogP contribution in [-0.2, 0) is 21.0 Å². The van der Waals surface area contributed by atoms with Crippen molar-refractivity contribution in [1.82, 2.24) is 0 Å². The lowest BCUT2D eigenvalue weighted by Crippen LogP contribution is -2.37. The van der Waals surface area contributed by atoms with E-state index in [1.54, 1.807) is 12.1 Å². The molecule has 2 aromatic carbocycles. The molecule has 0 bridgehead atoms. The quantitative estimate of drug-likeness (QED) is 0.840. The van der Waals surface area contributed by atoms with E-state index in [4.69, 9.17) is 5.26 Å². The maximum atomic E-state index is 12.7. The lowest BCUT2D eigenvalue weighted by molar-refractivity contribution is -0.137. The van der Waals surface area contributed by atoms with Crippen molar-refractivity contribution in [2.75, 3.05) is 22.4 Å². The number of anilines is 2. The van der Waals surface area contributed by atoms with Crippen LogP contribution in [0.5, 0.6) is 0 Å². The molecule has 1 N–H and O–H groups in total. The molecule has 0 aliphatic carbocycles. The Hall–Kier alpha value is -3.06. The van der Waals surface area contributed by atoms with E-state index in [0.29, 0.717) is 4.31 Å². The van der Waals surface area contributed by atoms with Crippen molar-refractivity contribution in [2.45, 2.75) is 6.18 Å². The largest absolute Gasteiger partial charge is 0.416 e. The van der Waals surface area contributed by atoms with Crippen LogP contribution in [0.1, 0.15) is 11.1 Å². The highest BCUT2D eigenvalue weighted by Crippen LogP contribution is 2.31. The van der Waals surface area contributed by atoms with Crippen LogP contribution in [0.4, 0.5) is 24.5 Å². The van der Waals surface area contributed by atoms with E-state index in [1.165, 1.54) is 12.1 Å². The Morgan fingerprint density at radius 3 is 2.26 bits per heavy atom. The van der Waals surface area contributed by atoms with E-state index in [-0.39, 0.29) is 16.9 Å². The number of rotatable bonds is 5. The van der Waals surface area contributed by atoms with E-state index in [9.17, 15) is 26.4 Å². The summed E-state index contributed by atoms with van der Waals surface area (Å²) in [5.41, 5.74) is -0.640. The van der Waals surface area contributed by atoms with E-state index < -0.39 is 34.2 Å².